The molecule has 5 heteroatoms. The Hall–Kier alpha value is -1.62. The van der Waals surface area contributed by atoms with Crippen molar-refractivity contribution in [3.05, 3.63) is 23.5 Å². The third-order valence-corrected chi connectivity index (χ3v) is 4.16. The molecule has 3 heterocycles. The predicted molar refractivity (Wildman–Crippen MR) is 69.0 cm³/mol. The van der Waals surface area contributed by atoms with Crippen LogP contribution in [0.25, 0.3) is 0 Å². The van der Waals surface area contributed by atoms with Gasteiger partial charge in [-0.1, -0.05) is 5.57 Å². The highest BCUT2D eigenvalue weighted by atomic mass is 16.6. The Morgan fingerprint density at radius 1 is 1.53 bits per heavy atom. The van der Waals surface area contributed by atoms with E-state index in [9.17, 15) is 9.59 Å². The van der Waals surface area contributed by atoms with Gasteiger partial charge in [0, 0.05) is 12.2 Å². The van der Waals surface area contributed by atoms with Crippen LogP contribution in [0.1, 0.15) is 27.7 Å². The van der Waals surface area contributed by atoms with Crippen molar-refractivity contribution in [2.24, 2.45) is 0 Å². The number of carbonyl (C=O) groups is 2. The van der Waals surface area contributed by atoms with Gasteiger partial charge in [-0.2, -0.15) is 0 Å². The number of carbonyl (C=O) groups excluding carboxylic acids is 2. The van der Waals surface area contributed by atoms with Gasteiger partial charge in [0.2, 0.25) is 5.91 Å². The maximum Gasteiger partial charge on any atom is 0.249 e. The first-order valence-corrected chi connectivity index (χ1v) is 6.52. The van der Waals surface area contributed by atoms with E-state index in [1.807, 2.05) is 32.6 Å². The molecule has 3 aliphatic rings. The van der Waals surface area contributed by atoms with Crippen molar-refractivity contribution in [1.29, 1.82) is 0 Å². The van der Waals surface area contributed by atoms with Crippen LogP contribution in [0.5, 0.6) is 0 Å². The van der Waals surface area contributed by atoms with Gasteiger partial charge in [-0.3, -0.25) is 9.59 Å². The molecule has 3 rings (SSSR count). The molecule has 1 amide bonds. The first-order chi connectivity index (χ1) is 8.85. The summed E-state index contributed by atoms with van der Waals surface area (Å²) in [7, 11) is 0. The number of ketones is 1. The largest absolute Gasteiger partial charge is 0.364 e. The Balaban J connectivity index is 1.85. The molecule has 0 aliphatic carbocycles. The SMILES string of the molecule is CC(C)=CC(=O)NC1=CC(=O)[C@]2(C)C3OC3[C@H](C)N12. The van der Waals surface area contributed by atoms with Gasteiger partial charge >= 0.3 is 0 Å². The molecule has 0 bridgehead atoms. The van der Waals surface area contributed by atoms with Gasteiger partial charge in [-0.15, -0.1) is 0 Å². The summed E-state index contributed by atoms with van der Waals surface area (Å²) < 4.78 is 5.55. The van der Waals surface area contributed by atoms with Crippen molar-refractivity contribution in [3.63, 3.8) is 0 Å². The van der Waals surface area contributed by atoms with Crippen LogP contribution in [-0.2, 0) is 14.3 Å². The summed E-state index contributed by atoms with van der Waals surface area (Å²) in [5, 5.41) is 2.80. The molecule has 1 N–H and O–H groups in total. The zero-order chi connectivity index (χ0) is 13.9. The minimum absolute atomic E-state index is 0.0110. The number of nitrogens with zero attached hydrogens (tertiary/aromatic N) is 1. The number of amides is 1. The third kappa shape index (κ3) is 1.57. The number of nitrogens with one attached hydrogen (secondary N) is 1. The zero-order valence-electron chi connectivity index (χ0n) is 11.6. The van der Waals surface area contributed by atoms with Crippen molar-refractivity contribution in [3.8, 4) is 0 Å². The van der Waals surface area contributed by atoms with Crippen molar-refractivity contribution < 1.29 is 14.3 Å². The highest BCUT2D eigenvalue weighted by molar-refractivity contribution is 6.03. The van der Waals surface area contributed by atoms with E-state index in [4.69, 9.17) is 4.74 Å². The predicted octanol–water partition coefficient (Wildman–Crippen LogP) is 0.723. The molecule has 102 valence electrons. The number of epoxide rings is 1. The van der Waals surface area contributed by atoms with Gasteiger partial charge in [-0.25, -0.2) is 0 Å². The molecular formula is C14H18N2O3. The molecule has 0 saturated carbocycles. The summed E-state index contributed by atoms with van der Waals surface area (Å²) >= 11 is 0. The third-order valence-electron chi connectivity index (χ3n) is 4.16. The quantitative estimate of drug-likeness (QED) is 0.588. The van der Waals surface area contributed by atoms with Gasteiger partial charge in [0.15, 0.2) is 5.78 Å². The second kappa shape index (κ2) is 3.70. The Labute approximate surface area is 112 Å². The maximum atomic E-state index is 12.2. The normalized spacial score (nSPS) is 38.5. The van der Waals surface area contributed by atoms with Crippen LogP contribution in [0, 0.1) is 0 Å². The summed E-state index contributed by atoms with van der Waals surface area (Å²) in [6, 6.07) is 0.111. The Kier molecular flexibility index (Phi) is 2.41. The summed E-state index contributed by atoms with van der Waals surface area (Å²) in [6.45, 7) is 7.63. The van der Waals surface area contributed by atoms with Crippen molar-refractivity contribution >= 4 is 11.7 Å². The van der Waals surface area contributed by atoms with Gasteiger partial charge in [0.05, 0.1) is 6.04 Å². The highest BCUT2D eigenvalue weighted by Crippen LogP contribution is 2.52. The fourth-order valence-corrected chi connectivity index (χ4v) is 3.24. The summed E-state index contributed by atoms with van der Waals surface area (Å²) in [5.74, 6) is 0.409. The Morgan fingerprint density at radius 2 is 2.21 bits per heavy atom. The van der Waals surface area contributed by atoms with Crippen LogP contribution in [0.4, 0.5) is 0 Å². The van der Waals surface area contributed by atoms with Gasteiger partial charge in [0.1, 0.15) is 23.6 Å². The summed E-state index contributed by atoms with van der Waals surface area (Å²) in [4.78, 5) is 26.0. The maximum absolute atomic E-state index is 12.2. The lowest BCUT2D eigenvalue weighted by atomic mass is 9.95. The first kappa shape index (κ1) is 12.4. The van der Waals surface area contributed by atoms with Crippen molar-refractivity contribution in [1.82, 2.24) is 10.2 Å². The minimum atomic E-state index is -0.641. The molecule has 0 spiro atoms. The van der Waals surface area contributed by atoms with Crippen molar-refractivity contribution in [2.45, 2.75) is 51.5 Å². The fraction of sp³-hybridized carbons (Fsp3) is 0.571. The van der Waals surface area contributed by atoms with E-state index in [1.54, 1.807) is 0 Å². The number of morpholine rings is 1. The van der Waals surface area contributed by atoms with Crippen LogP contribution >= 0.6 is 0 Å². The molecular weight excluding hydrogens is 244 g/mol. The Bertz CT molecular complexity index is 533. The second-order valence-electron chi connectivity index (χ2n) is 5.88. The smallest absolute Gasteiger partial charge is 0.249 e. The van der Waals surface area contributed by atoms with E-state index in [2.05, 4.69) is 5.32 Å². The van der Waals surface area contributed by atoms with Gasteiger partial charge < -0.3 is 15.0 Å². The summed E-state index contributed by atoms with van der Waals surface area (Å²) in [5.41, 5.74) is 0.281. The van der Waals surface area contributed by atoms with Crippen LogP contribution < -0.4 is 5.32 Å². The molecule has 0 aromatic heterocycles. The highest BCUT2D eigenvalue weighted by Gasteiger charge is 2.71. The number of hydrogen-bond acceptors (Lipinski definition) is 4. The molecule has 2 unspecified atom stereocenters. The van der Waals surface area contributed by atoms with Crippen LogP contribution in [-0.4, -0.2) is 40.4 Å². The fourth-order valence-electron chi connectivity index (χ4n) is 3.24. The van der Waals surface area contributed by atoms with E-state index in [0.29, 0.717) is 5.82 Å². The molecule has 3 aliphatic heterocycles. The molecule has 19 heavy (non-hydrogen) atoms. The van der Waals surface area contributed by atoms with Gasteiger partial charge in [-0.05, 0) is 27.7 Å². The lowest BCUT2D eigenvalue weighted by Crippen LogP contribution is -2.51. The number of allylic oxidation sites excluding steroid dienone is 1. The summed E-state index contributed by atoms with van der Waals surface area (Å²) in [6.07, 6.45) is 3.12. The van der Waals surface area contributed by atoms with E-state index in [1.165, 1.54) is 12.2 Å². The van der Waals surface area contributed by atoms with E-state index in [-0.39, 0.29) is 29.9 Å². The van der Waals surface area contributed by atoms with Crippen LogP contribution in [0.15, 0.2) is 23.5 Å². The second-order valence-corrected chi connectivity index (χ2v) is 5.88. The number of fused-ring (bicyclic) bond motifs is 3. The lowest BCUT2D eigenvalue weighted by molar-refractivity contribution is -0.124. The van der Waals surface area contributed by atoms with E-state index in [0.717, 1.165) is 5.57 Å². The van der Waals surface area contributed by atoms with Crippen LogP contribution in [0.2, 0.25) is 0 Å². The standard InChI is InChI=1S/C14H18N2O3/c1-7(2)5-11(18)15-10-6-9(17)14(4)13-12(19-13)8(3)16(10)14/h5-6,8,12-13H,1-4H3,(H,15,18)/t8-,12?,13?,14+/m0/s1. The Morgan fingerprint density at radius 3 is 2.84 bits per heavy atom. The zero-order valence-corrected chi connectivity index (χ0v) is 11.6. The van der Waals surface area contributed by atoms with E-state index >= 15 is 0 Å². The molecule has 0 radical (unpaired) electrons. The average Bonchev–Trinajstić information content (AvgIpc) is 2.98. The number of rotatable bonds is 2. The van der Waals surface area contributed by atoms with E-state index < -0.39 is 5.54 Å². The molecule has 0 aromatic carbocycles. The lowest BCUT2D eigenvalue weighted by Gasteiger charge is -2.35. The number of ether oxygens (including phenoxy) is 1. The average molecular weight is 262 g/mol. The van der Waals surface area contributed by atoms with Crippen LogP contribution in [0.3, 0.4) is 0 Å². The number of hydrogen-bond donors (Lipinski definition) is 1. The molecule has 0 aromatic rings. The molecule has 4 atom stereocenters. The topological polar surface area (TPSA) is 61.9 Å². The van der Waals surface area contributed by atoms with Gasteiger partial charge in [0.25, 0.3) is 0 Å². The minimum Gasteiger partial charge on any atom is -0.364 e. The molecule has 2 fully saturated rings. The van der Waals surface area contributed by atoms with Crippen molar-refractivity contribution in [2.75, 3.05) is 0 Å². The monoisotopic (exact) mass is 262 g/mol. The molecule has 2 saturated heterocycles. The molecule has 5 nitrogen and oxygen atoms in total. The first-order valence-electron chi connectivity index (χ1n) is 6.52.